The minimum absolute atomic E-state index is 0.193. The number of amides is 1. The molecule has 1 N–H and O–H groups in total. The lowest BCUT2D eigenvalue weighted by molar-refractivity contribution is -0.167. The van der Waals surface area contributed by atoms with Crippen LogP contribution in [0.1, 0.15) is 60.8 Å². The van der Waals surface area contributed by atoms with E-state index in [4.69, 9.17) is 9.47 Å². The zero-order valence-electron chi connectivity index (χ0n) is 15.5. The summed E-state index contributed by atoms with van der Waals surface area (Å²) in [6, 6.07) is 0. The van der Waals surface area contributed by atoms with Crippen molar-refractivity contribution >= 4 is 18.0 Å². The molecule has 0 radical (unpaired) electrons. The fourth-order valence-electron chi connectivity index (χ4n) is 2.56. The van der Waals surface area contributed by atoms with Crippen molar-refractivity contribution < 1.29 is 29.0 Å². The Morgan fingerprint density at radius 2 is 1.42 bits per heavy atom. The fourth-order valence-corrected chi connectivity index (χ4v) is 2.56. The Kier molecular flexibility index (Phi) is 5.90. The van der Waals surface area contributed by atoms with Gasteiger partial charge in [0.15, 0.2) is 0 Å². The second-order valence-electron chi connectivity index (χ2n) is 8.32. The number of carbonyl (C=O) groups excluding carboxylic acids is 2. The summed E-state index contributed by atoms with van der Waals surface area (Å²) in [6.45, 7) is 11.0. The van der Waals surface area contributed by atoms with Crippen LogP contribution in [0.15, 0.2) is 0 Å². The maximum atomic E-state index is 12.1. The summed E-state index contributed by atoms with van der Waals surface area (Å²) in [6.07, 6.45) is -0.262. The SMILES string of the molecule is CC(C)(C)OC(=O)CC1(C(=O)O)CCN(C(=O)OC(C)(C)C)CC1. The maximum absolute atomic E-state index is 12.1. The van der Waals surface area contributed by atoms with E-state index in [1.807, 2.05) is 0 Å². The van der Waals surface area contributed by atoms with Crippen molar-refractivity contribution in [3.63, 3.8) is 0 Å². The third-order valence-electron chi connectivity index (χ3n) is 3.73. The zero-order chi connectivity index (χ0) is 18.8. The Morgan fingerprint density at radius 1 is 0.958 bits per heavy atom. The molecule has 0 unspecified atom stereocenters. The van der Waals surface area contributed by atoms with Crippen molar-refractivity contribution in [3.05, 3.63) is 0 Å². The molecule has 0 atom stereocenters. The predicted octanol–water partition coefficient (Wildman–Crippen LogP) is 2.82. The molecule has 1 amide bonds. The van der Waals surface area contributed by atoms with Gasteiger partial charge in [-0.15, -0.1) is 0 Å². The van der Waals surface area contributed by atoms with E-state index in [2.05, 4.69) is 0 Å². The van der Waals surface area contributed by atoms with Gasteiger partial charge in [-0.2, -0.15) is 0 Å². The summed E-state index contributed by atoms with van der Waals surface area (Å²) in [4.78, 5) is 37.3. The third kappa shape index (κ3) is 6.02. The van der Waals surface area contributed by atoms with Crippen LogP contribution in [0.25, 0.3) is 0 Å². The molecule has 0 saturated carbocycles. The smallest absolute Gasteiger partial charge is 0.410 e. The highest BCUT2D eigenvalue weighted by molar-refractivity contribution is 5.83. The highest BCUT2D eigenvalue weighted by Gasteiger charge is 2.45. The largest absolute Gasteiger partial charge is 0.481 e. The molecule has 1 aliphatic rings. The molecule has 138 valence electrons. The van der Waals surface area contributed by atoms with Crippen LogP contribution in [0.4, 0.5) is 4.79 Å². The van der Waals surface area contributed by atoms with Crippen molar-refractivity contribution in [2.24, 2.45) is 5.41 Å². The third-order valence-corrected chi connectivity index (χ3v) is 3.73. The molecular weight excluding hydrogens is 314 g/mol. The number of carboxylic acid groups (broad SMARTS) is 1. The average Bonchev–Trinajstić information content (AvgIpc) is 2.34. The summed E-state index contributed by atoms with van der Waals surface area (Å²) in [7, 11) is 0. The van der Waals surface area contributed by atoms with E-state index >= 15 is 0 Å². The first-order valence-corrected chi connectivity index (χ1v) is 8.17. The maximum Gasteiger partial charge on any atom is 0.410 e. The van der Waals surface area contributed by atoms with Crippen molar-refractivity contribution in [1.82, 2.24) is 4.90 Å². The number of carbonyl (C=O) groups is 3. The van der Waals surface area contributed by atoms with Crippen LogP contribution in [-0.2, 0) is 19.1 Å². The molecule has 0 aromatic carbocycles. The van der Waals surface area contributed by atoms with Crippen LogP contribution in [-0.4, -0.2) is 52.3 Å². The molecule has 0 aromatic rings. The van der Waals surface area contributed by atoms with E-state index in [1.54, 1.807) is 41.5 Å². The predicted molar refractivity (Wildman–Crippen MR) is 87.6 cm³/mol. The molecule has 0 aromatic heterocycles. The lowest BCUT2D eigenvalue weighted by Gasteiger charge is -2.39. The van der Waals surface area contributed by atoms with Gasteiger partial charge in [-0.25, -0.2) is 4.79 Å². The van der Waals surface area contributed by atoms with Gasteiger partial charge in [-0.1, -0.05) is 0 Å². The number of likely N-dealkylation sites (tertiary alicyclic amines) is 1. The number of carboxylic acids is 1. The van der Waals surface area contributed by atoms with Crippen molar-refractivity contribution in [3.8, 4) is 0 Å². The number of aliphatic carboxylic acids is 1. The topological polar surface area (TPSA) is 93.1 Å². The Bertz CT molecular complexity index is 492. The fraction of sp³-hybridized carbons (Fsp3) is 0.824. The molecule has 24 heavy (non-hydrogen) atoms. The molecule has 1 saturated heterocycles. The number of rotatable bonds is 3. The second kappa shape index (κ2) is 6.99. The van der Waals surface area contributed by atoms with Gasteiger partial charge in [0, 0.05) is 13.1 Å². The molecule has 0 aliphatic carbocycles. The molecule has 7 nitrogen and oxygen atoms in total. The lowest BCUT2D eigenvalue weighted by Crippen LogP contribution is -2.49. The summed E-state index contributed by atoms with van der Waals surface area (Å²) in [5.74, 6) is -1.56. The van der Waals surface area contributed by atoms with Gasteiger partial charge >= 0.3 is 18.0 Å². The number of esters is 1. The van der Waals surface area contributed by atoms with E-state index in [-0.39, 0.29) is 32.4 Å². The summed E-state index contributed by atoms with van der Waals surface area (Å²) < 4.78 is 10.5. The first kappa shape index (κ1) is 20.3. The van der Waals surface area contributed by atoms with Crippen LogP contribution >= 0.6 is 0 Å². The number of nitrogens with zero attached hydrogens (tertiary/aromatic N) is 1. The van der Waals surface area contributed by atoms with Crippen LogP contribution < -0.4 is 0 Å². The minimum Gasteiger partial charge on any atom is -0.481 e. The van der Waals surface area contributed by atoms with E-state index < -0.39 is 34.6 Å². The monoisotopic (exact) mass is 343 g/mol. The van der Waals surface area contributed by atoms with Gasteiger partial charge in [-0.3, -0.25) is 9.59 Å². The first-order valence-electron chi connectivity index (χ1n) is 8.17. The summed E-state index contributed by atoms with van der Waals surface area (Å²) in [5, 5.41) is 9.60. The Morgan fingerprint density at radius 3 is 1.79 bits per heavy atom. The van der Waals surface area contributed by atoms with Crippen molar-refractivity contribution in [2.45, 2.75) is 72.0 Å². The van der Waals surface area contributed by atoms with Gasteiger partial charge in [0.2, 0.25) is 0 Å². The average molecular weight is 343 g/mol. The number of ether oxygens (including phenoxy) is 2. The highest BCUT2D eigenvalue weighted by atomic mass is 16.6. The molecule has 1 heterocycles. The van der Waals surface area contributed by atoms with Gasteiger partial charge in [0.1, 0.15) is 11.2 Å². The van der Waals surface area contributed by atoms with Gasteiger partial charge in [0.25, 0.3) is 0 Å². The van der Waals surface area contributed by atoms with Crippen LogP contribution in [0.5, 0.6) is 0 Å². The lowest BCUT2D eigenvalue weighted by atomic mass is 9.75. The van der Waals surface area contributed by atoms with Crippen LogP contribution in [0.2, 0.25) is 0 Å². The van der Waals surface area contributed by atoms with Crippen LogP contribution in [0.3, 0.4) is 0 Å². The molecule has 7 heteroatoms. The second-order valence-corrected chi connectivity index (χ2v) is 8.32. The standard InChI is InChI=1S/C17H29NO6/c1-15(2,3)23-12(19)11-17(13(20)21)7-9-18(10-8-17)14(22)24-16(4,5)6/h7-11H2,1-6H3,(H,20,21). The van der Waals surface area contributed by atoms with E-state index in [0.717, 1.165) is 0 Å². The number of hydrogen-bond donors (Lipinski definition) is 1. The van der Waals surface area contributed by atoms with Gasteiger partial charge < -0.3 is 19.5 Å². The van der Waals surface area contributed by atoms with Crippen molar-refractivity contribution in [2.75, 3.05) is 13.1 Å². The Hall–Kier alpha value is -1.79. The zero-order valence-corrected chi connectivity index (χ0v) is 15.5. The molecule has 0 spiro atoms. The molecule has 1 rings (SSSR count). The van der Waals surface area contributed by atoms with E-state index in [1.165, 1.54) is 4.90 Å². The van der Waals surface area contributed by atoms with Crippen LogP contribution in [0, 0.1) is 5.41 Å². The van der Waals surface area contributed by atoms with E-state index in [0.29, 0.717) is 0 Å². The van der Waals surface area contributed by atoms with Gasteiger partial charge in [0.05, 0.1) is 11.8 Å². The number of hydrogen-bond acceptors (Lipinski definition) is 5. The minimum atomic E-state index is -1.19. The first-order chi connectivity index (χ1) is 10.7. The van der Waals surface area contributed by atoms with E-state index in [9.17, 15) is 19.5 Å². The summed E-state index contributed by atoms with van der Waals surface area (Å²) in [5.41, 5.74) is -2.45. The molecule has 0 bridgehead atoms. The van der Waals surface area contributed by atoms with Crippen molar-refractivity contribution in [1.29, 1.82) is 0 Å². The molecule has 1 aliphatic heterocycles. The molecular formula is C17H29NO6. The normalized spacial score (nSPS) is 18.0. The highest BCUT2D eigenvalue weighted by Crippen LogP contribution is 2.36. The Labute approximate surface area is 143 Å². The summed E-state index contributed by atoms with van der Waals surface area (Å²) >= 11 is 0. The quantitative estimate of drug-likeness (QED) is 0.792. The number of piperidine rings is 1. The van der Waals surface area contributed by atoms with Gasteiger partial charge in [-0.05, 0) is 54.4 Å². The molecule has 1 fully saturated rings. The Balaban J connectivity index is 2.72.